The van der Waals surface area contributed by atoms with Crippen molar-refractivity contribution in [3.8, 4) is 0 Å². The first-order valence-electron chi connectivity index (χ1n) is 10.3. The van der Waals surface area contributed by atoms with Gasteiger partial charge in [-0.05, 0) is 49.7 Å². The predicted octanol–water partition coefficient (Wildman–Crippen LogP) is 4.30. The molecule has 0 bridgehead atoms. The lowest BCUT2D eigenvalue weighted by Crippen LogP contribution is -2.36. The minimum Gasteiger partial charge on any atom is -0.378 e. The number of nitrogens with zero attached hydrogens (tertiary/aromatic N) is 4. The van der Waals surface area contributed by atoms with Crippen LogP contribution < -0.4 is 4.90 Å². The fraction of sp³-hybridized carbons (Fsp3) is 0.571. The van der Waals surface area contributed by atoms with Gasteiger partial charge in [-0.25, -0.2) is 4.98 Å². The van der Waals surface area contributed by atoms with E-state index in [-0.39, 0.29) is 0 Å². The van der Waals surface area contributed by atoms with Crippen LogP contribution in [-0.4, -0.2) is 41.5 Å². The zero-order valence-corrected chi connectivity index (χ0v) is 16.8. The van der Waals surface area contributed by atoms with Crippen molar-refractivity contribution in [2.75, 3.05) is 31.2 Å². The number of rotatable bonds is 4. The van der Waals surface area contributed by atoms with Crippen LogP contribution in [0.2, 0.25) is 0 Å². The molecule has 1 aliphatic carbocycles. The number of aryl methyl sites for hydroxylation is 2. The minimum absolute atomic E-state index is 0.781. The van der Waals surface area contributed by atoms with E-state index in [2.05, 4.69) is 22.0 Å². The highest BCUT2D eigenvalue weighted by Crippen LogP contribution is 2.42. The monoisotopic (exact) mass is 382 g/mol. The van der Waals surface area contributed by atoms with Gasteiger partial charge in [-0.1, -0.05) is 24.7 Å². The third-order valence-corrected chi connectivity index (χ3v) is 6.90. The van der Waals surface area contributed by atoms with Crippen LogP contribution in [0.3, 0.4) is 0 Å². The summed E-state index contributed by atoms with van der Waals surface area (Å²) in [6.07, 6.45) is 10.4. The highest BCUT2D eigenvalue weighted by atomic mass is 32.1. The SMILES string of the molecule is CCCCc1nc2sc3nncc(N4CCOCC4)c3c2c2c1CCCC2. The van der Waals surface area contributed by atoms with Gasteiger partial charge < -0.3 is 9.64 Å². The zero-order chi connectivity index (χ0) is 18.2. The molecular weight excluding hydrogens is 356 g/mol. The molecule has 0 saturated carbocycles. The lowest BCUT2D eigenvalue weighted by Gasteiger charge is -2.29. The van der Waals surface area contributed by atoms with E-state index < -0.39 is 0 Å². The van der Waals surface area contributed by atoms with E-state index in [0.29, 0.717) is 0 Å². The molecular formula is C21H26N4OS. The summed E-state index contributed by atoms with van der Waals surface area (Å²) in [5, 5.41) is 11.4. The van der Waals surface area contributed by atoms with E-state index in [4.69, 9.17) is 9.72 Å². The highest BCUT2D eigenvalue weighted by Gasteiger charge is 2.25. The number of pyridine rings is 1. The Morgan fingerprint density at radius 3 is 2.70 bits per heavy atom. The van der Waals surface area contributed by atoms with E-state index >= 15 is 0 Å². The Kier molecular flexibility index (Phi) is 4.70. The van der Waals surface area contributed by atoms with Gasteiger partial charge in [0.25, 0.3) is 0 Å². The predicted molar refractivity (Wildman–Crippen MR) is 111 cm³/mol. The first-order chi connectivity index (χ1) is 13.4. The number of morpholine rings is 1. The Hall–Kier alpha value is -1.79. The van der Waals surface area contributed by atoms with E-state index in [0.717, 1.165) is 42.4 Å². The summed E-state index contributed by atoms with van der Waals surface area (Å²) in [6, 6.07) is 0. The molecule has 0 spiro atoms. The summed E-state index contributed by atoms with van der Waals surface area (Å²) in [7, 11) is 0. The fourth-order valence-corrected chi connectivity index (χ4v) is 5.62. The second-order valence-electron chi connectivity index (χ2n) is 7.62. The number of unbranched alkanes of at least 4 members (excludes halogenated alkanes) is 1. The van der Waals surface area contributed by atoms with Gasteiger partial charge in [0.2, 0.25) is 0 Å². The van der Waals surface area contributed by atoms with Crippen LogP contribution in [0.5, 0.6) is 0 Å². The van der Waals surface area contributed by atoms with Crippen molar-refractivity contribution < 1.29 is 4.74 Å². The van der Waals surface area contributed by atoms with Crippen molar-refractivity contribution in [3.05, 3.63) is 23.0 Å². The molecule has 5 rings (SSSR count). The van der Waals surface area contributed by atoms with Crippen molar-refractivity contribution in [2.45, 2.75) is 51.9 Å². The first kappa shape index (κ1) is 17.3. The maximum Gasteiger partial charge on any atom is 0.150 e. The number of hydrogen-bond acceptors (Lipinski definition) is 6. The largest absolute Gasteiger partial charge is 0.378 e. The average Bonchev–Trinajstić information content (AvgIpc) is 3.11. The van der Waals surface area contributed by atoms with Gasteiger partial charge in [-0.15, -0.1) is 5.10 Å². The third kappa shape index (κ3) is 2.99. The summed E-state index contributed by atoms with van der Waals surface area (Å²) in [6.45, 7) is 5.66. The van der Waals surface area contributed by atoms with Gasteiger partial charge in [-0.3, -0.25) is 0 Å². The van der Waals surface area contributed by atoms with Crippen LogP contribution >= 0.6 is 11.3 Å². The molecule has 1 saturated heterocycles. The Morgan fingerprint density at radius 1 is 1.07 bits per heavy atom. The molecule has 2 aliphatic rings. The van der Waals surface area contributed by atoms with Crippen LogP contribution in [0.15, 0.2) is 6.20 Å². The maximum atomic E-state index is 5.56. The smallest absolute Gasteiger partial charge is 0.150 e. The van der Waals surface area contributed by atoms with Gasteiger partial charge in [0.05, 0.1) is 25.1 Å². The topological polar surface area (TPSA) is 51.1 Å². The Bertz CT molecular complexity index is 977. The molecule has 0 amide bonds. The molecule has 6 heteroatoms. The quantitative estimate of drug-likeness (QED) is 0.673. The lowest BCUT2D eigenvalue weighted by atomic mass is 9.87. The Morgan fingerprint density at radius 2 is 1.89 bits per heavy atom. The van der Waals surface area contributed by atoms with Gasteiger partial charge in [0, 0.05) is 29.6 Å². The van der Waals surface area contributed by atoms with Crippen LogP contribution in [0.25, 0.3) is 20.4 Å². The van der Waals surface area contributed by atoms with E-state index in [1.807, 2.05) is 6.20 Å². The fourth-order valence-electron chi connectivity index (χ4n) is 4.56. The zero-order valence-electron chi connectivity index (χ0n) is 16.0. The standard InChI is InChI=1S/C21H26N4OS/c1-2-3-8-16-14-6-4-5-7-15(14)18-19-17(25-9-11-26-12-10-25)13-22-24-21(19)27-20(18)23-16/h13H,2-12H2,1H3. The van der Waals surface area contributed by atoms with Crippen LogP contribution in [-0.2, 0) is 24.0 Å². The molecule has 0 atom stereocenters. The molecule has 0 unspecified atom stereocenters. The molecule has 0 aromatic carbocycles. The molecule has 1 aliphatic heterocycles. The number of hydrogen-bond donors (Lipinski definition) is 0. The Balaban J connectivity index is 1.75. The summed E-state index contributed by atoms with van der Waals surface area (Å²) < 4.78 is 5.56. The van der Waals surface area contributed by atoms with Crippen molar-refractivity contribution >= 4 is 37.5 Å². The van der Waals surface area contributed by atoms with Crippen LogP contribution in [0.4, 0.5) is 5.69 Å². The number of fused-ring (bicyclic) bond motifs is 5. The number of anilines is 1. The molecule has 142 valence electrons. The molecule has 1 fully saturated rings. The van der Waals surface area contributed by atoms with E-state index in [1.54, 1.807) is 16.9 Å². The second kappa shape index (κ2) is 7.32. The van der Waals surface area contributed by atoms with Gasteiger partial charge in [-0.2, -0.15) is 5.10 Å². The minimum atomic E-state index is 0.781. The number of ether oxygens (including phenoxy) is 1. The van der Waals surface area contributed by atoms with E-state index in [1.165, 1.54) is 66.2 Å². The summed E-state index contributed by atoms with van der Waals surface area (Å²) in [5.74, 6) is 0. The van der Waals surface area contributed by atoms with Gasteiger partial charge in [0.1, 0.15) is 4.83 Å². The van der Waals surface area contributed by atoms with Crippen molar-refractivity contribution in [2.24, 2.45) is 0 Å². The van der Waals surface area contributed by atoms with Crippen LogP contribution in [0.1, 0.15) is 49.4 Å². The molecule has 5 nitrogen and oxygen atoms in total. The molecule has 0 radical (unpaired) electrons. The van der Waals surface area contributed by atoms with E-state index in [9.17, 15) is 0 Å². The molecule has 3 aromatic rings. The summed E-state index contributed by atoms with van der Waals surface area (Å²) >= 11 is 1.72. The van der Waals surface area contributed by atoms with Crippen molar-refractivity contribution in [3.63, 3.8) is 0 Å². The molecule has 3 aromatic heterocycles. The second-order valence-corrected chi connectivity index (χ2v) is 8.60. The Labute approximate surface area is 163 Å². The maximum absolute atomic E-state index is 5.56. The van der Waals surface area contributed by atoms with Crippen molar-refractivity contribution in [1.82, 2.24) is 15.2 Å². The first-order valence-corrected chi connectivity index (χ1v) is 11.1. The van der Waals surface area contributed by atoms with Crippen molar-refractivity contribution in [1.29, 1.82) is 0 Å². The van der Waals surface area contributed by atoms with Gasteiger partial charge in [0.15, 0.2) is 4.83 Å². The molecule has 27 heavy (non-hydrogen) atoms. The van der Waals surface area contributed by atoms with Crippen LogP contribution in [0, 0.1) is 0 Å². The lowest BCUT2D eigenvalue weighted by molar-refractivity contribution is 0.123. The number of thiophene rings is 1. The average molecular weight is 383 g/mol. The van der Waals surface area contributed by atoms with Gasteiger partial charge >= 0.3 is 0 Å². The third-order valence-electron chi connectivity index (χ3n) is 5.93. The molecule has 0 N–H and O–H groups in total. The normalized spacial score (nSPS) is 17.6. The molecule has 4 heterocycles. The summed E-state index contributed by atoms with van der Waals surface area (Å²) in [5.41, 5.74) is 5.63. The highest BCUT2D eigenvalue weighted by molar-refractivity contribution is 7.25. The summed E-state index contributed by atoms with van der Waals surface area (Å²) in [4.78, 5) is 9.76. The number of aromatic nitrogens is 3.